The molecular weight excluding hydrogens is 242 g/mol. The number of rotatable bonds is 4. The van der Waals surface area contributed by atoms with E-state index in [-0.39, 0.29) is 29.4 Å². The van der Waals surface area contributed by atoms with Gasteiger partial charge in [-0.2, -0.15) is 9.98 Å². The van der Waals surface area contributed by atoms with Crippen LogP contribution in [0, 0.1) is 0 Å². The average molecular weight is 257 g/mol. The van der Waals surface area contributed by atoms with Crippen molar-refractivity contribution in [1.29, 1.82) is 0 Å². The summed E-state index contributed by atoms with van der Waals surface area (Å²) in [6.07, 6.45) is 0.948. The number of carbonyl (C=O) groups is 2. The van der Waals surface area contributed by atoms with E-state index in [1.54, 1.807) is 0 Å². The van der Waals surface area contributed by atoms with Crippen molar-refractivity contribution >= 4 is 34.7 Å². The minimum absolute atomic E-state index is 0.0937. The van der Waals surface area contributed by atoms with Gasteiger partial charge in [-0.1, -0.05) is 18.7 Å². The number of nitrogens with one attached hydrogen (secondary N) is 1. The topological polar surface area (TPSA) is 123 Å². The molecule has 0 aromatic carbocycles. The first-order valence-corrected chi connectivity index (χ1v) is 6.06. The molecule has 1 aliphatic rings. The Labute approximate surface area is 103 Å². The molecule has 1 atom stereocenters. The van der Waals surface area contributed by atoms with E-state index in [1.165, 1.54) is 0 Å². The van der Waals surface area contributed by atoms with Crippen molar-refractivity contribution in [3.05, 3.63) is 0 Å². The number of aliphatic imine (C=N–C) groups is 2. The summed E-state index contributed by atoms with van der Waals surface area (Å²) >= 11 is 1.10. The Hall–Kier alpha value is -1.57. The summed E-state index contributed by atoms with van der Waals surface area (Å²) in [6, 6.07) is 0. The third-order valence-electron chi connectivity index (χ3n) is 1.90. The number of hydrogen-bond donors (Lipinski definition) is 3. The van der Waals surface area contributed by atoms with Crippen molar-refractivity contribution < 1.29 is 9.59 Å². The molecule has 0 fully saturated rings. The largest absolute Gasteiger partial charge is 0.370 e. The van der Waals surface area contributed by atoms with Gasteiger partial charge in [0.15, 0.2) is 11.1 Å². The van der Waals surface area contributed by atoms with E-state index >= 15 is 0 Å². The lowest BCUT2D eigenvalue weighted by Gasteiger charge is -2.06. The van der Waals surface area contributed by atoms with Crippen LogP contribution in [0.2, 0.25) is 0 Å². The predicted molar refractivity (Wildman–Crippen MR) is 67.5 cm³/mol. The van der Waals surface area contributed by atoms with Crippen molar-refractivity contribution in [2.75, 3.05) is 6.54 Å². The maximum atomic E-state index is 11.4. The fraction of sp³-hybridized carbons (Fsp3) is 0.556. The first-order valence-electron chi connectivity index (χ1n) is 5.18. The molecule has 1 aliphatic heterocycles. The molecule has 7 nitrogen and oxygen atoms in total. The lowest BCUT2D eigenvalue weighted by atomic mass is 10.2. The van der Waals surface area contributed by atoms with Gasteiger partial charge in [0.05, 0.1) is 0 Å². The van der Waals surface area contributed by atoms with Crippen LogP contribution in [0.3, 0.4) is 0 Å². The zero-order chi connectivity index (χ0) is 12.8. The van der Waals surface area contributed by atoms with Crippen LogP contribution in [-0.4, -0.2) is 34.7 Å². The van der Waals surface area contributed by atoms with Gasteiger partial charge in [-0.15, -0.1) is 0 Å². The van der Waals surface area contributed by atoms with Gasteiger partial charge >= 0.3 is 0 Å². The molecule has 8 heteroatoms. The normalized spacial score (nSPS) is 18.8. The molecule has 0 radical (unpaired) electrons. The highest BCUT2D eigenvalue weighted by atomic mass is 32.2. The summed E-state index contributed by atoms with van der Waals surface area (Å²) in [5.41, 5.74) is 10.3. The lowest BCUT2D eigenvalue weighted by molar-refractivity contribution is -0.124. The van der Waals surface area contributed by atoms with Crippen LogP contribution < -0.4 is 16.8 Å². The van der Waals surface area contributed by atoms with E-state index in [0.717, 1.165) is 18.2 Å². The Bertz CT molecular complexity index is 376. The fourth-order valence-electron chi connectivity index (χ4n) is 1.17. The minimum Gasteiger partial charge on any atom is -0.370 e. The molecular formula is C9H15N5O2S. The Balaban J connectivity index is 2.47. The average Bonchev–Trinajstić information content (AvgIpc) is 2.55. The number of amides is 2. The first-order chi connectivity index (χ1) is 8.02. The summed E-state index contributed by atoms with van der Waals surface area (Å²) in [6.45, 7) is 2.56. The van der Waals surface area contributed by atoms with Crippen LogP contribution >= 0.6 is 11.8 Å². The quantitative estimate of drug-likeness (QED) is 0.448. The van der Waals surface area contributed by atoms with Gasteiger partial charge in [0.25, 0.3) is 5.91 Å². The maximum Gasteiger partial charge on any atom is 0.262 e. The van der Waals surface area contributed by atoms with Crippen LogP contribution in [0.15, 0.2) is 9.98 Å². The maximum absolute atomic E-state index is 11.4. The summed E-state index contributed by atoms with van der Waals surface area (Å²) in [4.78, 5) is 30.2. The Morgan fingerprint density at radius 3 is 2.88 bits per heavy atom. The highest BCUT2D eigenvalue weighted by molar-refractivity contribution is 8.15. The van der Waals surface area contributed by atoms with E-state index in [9.17, 15) is 9.59 Å². The van der Waals surface area contributed by atoms with E-state index in [2.05, 4.69) is 15.3 Å². The van der Waals surface area contributed by atoms with Crippen molar-refractivity contribution in [3.8, 4) is 0 Å². The molecule has 1 heterocycles. The van der Waals surface area contributed by atoms with Gasteiger partial charge in [0, 0.05) is 13.0 Å². The van der Waals surface area contributed by atoms with Crippen LogP contribution in [0.4, 0.5) is 0 Å². The Morgan fingerprint density at radius 2 is 2.29 bits per heavy atom. The molecule has 0 saturated carbocycles. The standard InChI is InChI=1S/C9H15N5O2S/c1-2-3-12-6(15)4-5-7(16)13-9(17-5)14-8(10)11/h5H,2-4H2,1H3,(H,12,15)(H4,10,11,13,14,16)/t5-/m0/s1. The van der Waals surface area contributed by atoms with Crippen molar-refractivity contribution in [3.63, 3.8) is 0 Å². The van der Waals surface area contributed by atoms with Crippen LogP contribution in [0.25, 0.3) is 0 Å². The van der Waals surface area contributed by atoms with E-state index in [0.29, 0.717) is 6.54 Å². The number of thioether (sulfide) groups is 1. The lowest BCUT2D eigenvalue weighted by Crippen LogP contribution is -2.28. The molecule has 5 N–H and O–H groups in total. The predicted octanol–water partition coefficient (Wildman–Crippen LogP) is -0.826. The van der Waals surface area contributed by atoms with Crippen LogP contribution in [0.1, 0.15) is 19.8 Å². The number of hydrogen-bond acceptors (Lipinski definition) is 4. The third-order valence-corrected chi connectivity index (χ3v) is 2.94. The molecule has 1 rings (SSSR count). The van der Waals surface area contributed by atoms with E-state index in [4.69, 9.17) is 11.5 Å². The zero-order valence-electron chi connectivity index (χ0n) is 9.47. The zero-order valence-corrected chi connectivity index (χ0v) is 10.3. The number of guanidine groups is 1. The molecule has 0 bridgehead atoms. The Morgan fingerprint density at radius 1 is 1.59 bits per heavy atom. The number of amidine groups is 1. The minimum atomic E-state index is -0.523. The summed E-state index contributed by atoms with van der Waals surface area (Å²) in [7, 11) is 0. The Kier molecular flexibility index (Phi) is 4.95. The van der Waals surface area contributed by atoms with Crippen LogP contribution in [-0.2, 0) is 9.59 Å². The molecule has 0 aromatic heterocycles. The molecule has 17 heavy (non-hydrogen) atoms. The highest BCUT2D eigenvalue weighted by Crippen LogP contribution is 2.25. The van der Waals surface area contributed by atoms with Crippen molar-refractivity contribution in [1.82, 2.24) is 5.32 Å². The highest BCUT2D eigenvalue weighted by Gasteiger charge is 2.30. The second kappa shape index (κ2) is 6.24. The molecule has 0 aliphatic carbocycles. The van der Waals surface area contributed by atoms with E-state index in [1.807, 2.05) is 6.92 Å². The monoisotopic (exact) mass is 257 g/mol. The second-order valence-corrected chi connectivity index (χ2v) is 4.60. The molecule has 0 unspecified atom stereocenters. The number of nitrogens with two attached hydrogens (primary N) is 2. The third kappa shape index (κ3) is 4.43. The molecule has 0 spiro atoms. The van der Waals surface area contributed by atoms with Gasteiger partial charge in [-0.3, -0.25) is 9.59 Å². The molecule has 0 saturated heterocycles. The molecule has 0 aromatic rings. The number of nitrogens with zero attached hydrogens (tertiary/aromatic N) is 2. The summed E-state index contributed by atoms with van der Waals surface area (Å²) < 4.78 is 0. The smallest absolute Gasteiger partial charge is 0.262 e. The molecule has 94 valence electrons. The van der Waals surface area contributed by atoms with Crippen molar-refractivity contribution in [2.45, 2.75) is 25.0 Å². The summed E-state index contributed by atoms with van der Waals surface area (Å²) in [5.74, 6) is -0.694. The first kappa shape index (κ1) is 13.5. The molecule has 2 amide bonds. The van der Waals surface area contributed by atoms with Gasteiger partial charge in [-0.05, 0) is 6.42 Å². The van der Waals surface area contributed by atoms with Crippen molar-refractivity contribution in [2.24, 2.45) is 21.5 Å². The van der Waals surface area contributed by atoms with Gasteiger partial charge in [0.1, 0.15) is 5.25 Å². The fourth-order valence-corrected chi connectivity index (χ4v) is 2.11. The van der Waals surface area contributed by atoms with Gasteiger partial charge in [0.2, 0.25) is 5.91 Å². The number of carbonyl (C=O) groups excluding carboxylic acids is 2. The summed E-state index contributed by atoms with van der Waals surface area (Å²) in [5, 5.41) is 2.38. The van der Waals surface area contributed by atoms with E-state index < -0.39 is 5.25 Å². The van der Waals surface area contributed by atoms with Gasteiger partial charge < -0.3 is 16.8 Å². The van der Waals surface area contributed by atoms with Gasteiger partial charge in [-0.25, -0.2) is 0 Å². The SMILES string of the molecule is CCCNC(=O)C[C@@H]1SC(N=C(N)N)=NC1=O. The van der Waals surface area contributed by atoms with Crippen LogP contribution in [0.5, 0.6) is 0 Å². The second-order valence-electron chi connectivity index (χ2n) is 3.43.